The van der Waals surface area contributed by atoms with Gasteiger partial charge in [-0.1, -0.05) is 33.0 Å². The van der Waals surface area contributed by atoms with Crippen LogP contribution in [-0.4, -0.2) is 33.2 Å². The second-order valence-corrected chi connectivity index (χ2v) is 5.84. The molecule has 8 nitrogen and oxygen atoms in total. The van der Waals surface area contributed by atoms with Crippen molar-refractivity contribution in [2.24, 2.45) is 17.4 Å². The third-order valence-electron chi connectivity index (χ3n) is 3.15. The zero-order valence-corrected chi connectivity index (χ0v) is 14.7. The number of thiocarbonyl (C=S) groups is 1. The molecule has 24 heavy (non-hydrogen) atoms. The second-order valence-electron chi connectivity index (χ2n) is 5.40. The number of aldehydes is 1. The molecular formula is C15H22N6O2S. The van der Waals surface area contributed by atoms with E-state index in [2.05, 4.69) is 20.6 Å². The van der Waals surface area contributed by atoms with E-state index in [9.17, 15) is 9.59 Å². The maximum absolute atomic E-state index is 11.5. The summed E-state index contributed by atoms with van der Waals surface area (Å²) in [6.07, 6.45) is 4.26. The fourth-order valence-electron chi connectivity index (χ4n) is 1.62. The first kappa shape index (κ1) is 19.5. The van der Waals surface area contributed by atoms with Gasteiger partial charge in [0.25, 0.3) is 5.91 Å². The summed E-state index contributed by atoms with van der Waals surface area (Å²) in [4.78, 5) is 30.9. The molecule has 0 bridgehead atoms. The second kappa shape index (κ2) is 8.92. The average molecular weight is 350 g/mol. The van der Waals surface area contributed by atoms with Crippen LogP contribution < -0.4 is 22.1 Å². The fraction of sp³-hybridized carbons (Fsp3) is 0.400. The Morgan fingerprint density at radius 3 is 2.58 bits per heavy atom. The Morgan fingerprint density at radius 1 is 1.42 bits per heavy atom. The highest BCUT2D eigenvalue weighted by molar-refractivity contribution is 7.81. The molecule has 0 fully saturated rings. The molecule has 1 rings (SSSR count). The summed E-state index contributed by atoms with van der Waals surface area (Å²) in [6.45, 7) is 5.71. The lowest BCUT2D eigenvalue weighted by atomic mass is 10.1. The van der Waals surface area contributed by atoms with Crippen molar-refractivity contribution in [3.05, 3.63) is 23.7 Å². The molecule has 0 saturated heterocycles. The van der Waals surface area contributed by atoms with Crippen LogP contribution in [0.4, 0.5) is 11.6 Å². The lowest BCUT2D eigenvalue weighted by molar-refractivity contribution is -0.108. The Labute approximate surface area is 146 Å². The molecule has 0 radical (unpaired) electrons. The van der Waals surface area contributed by atoms with E-state index in [4.69, 9.17) is 23.7 Å². The minimum atomic E-state index is -0.748. The molecule has 1 heterocycles. The lowest BCUT2D eigenvalue weighted by Crippen LogP contribution is -2.23. The zero-order valence-electron chi connectivity index (χ0n) is 13.9. The number of hydrogen-bond acceptors (Lipinski definition) is 7. The van der Waals surface area contributed by atoms with Crippen LogP contribution in [0.1, 0.15) is 37.7 Å². The quantitative estimate of drug-likeness (QED) is 0.312. The molecule has 0 aliphatic rings. The highest BCUT2D eigenvalue weighted by atomic mass is 32.1. The van der Waals surface area contributed by atoms with Gasteiger partial charge in [0.2, 0.25) is 0 Å². The maximum Gasteiger partial charge on any atom is 0.271 e. The number of aromatic nitrogens is 2. The van der Waals surface area contributed by atoms with Gasteiger partial charge >= 0.3 is 0 Å². The van der Waals surface area contributed by atoms with Gasteiger partial charge in [-0.25, -0.2) is 9.97 Å². The number of nitrogens with zero attached hydrogens (tertiary/aromatic N) is 2. The van der Waals surface area contributed by atoms with Gasteiger partial charge in [0.15, 0.2) is 11.5 Å². The van der Waals surface area contributed by atoms with Crippen LogP contribution in [0.3, 0.4) is 0 Å². The third kappa shape index (κ3) is 5.58. The summed E-state index contributed by atoms with van der Waals surface area (Å²) in [6, 6.07) is -0.407. The van der Waals surface area contributed by atoms with Crippen LogP contribution in [0.2, 0.25) is 0 Å². The van der Waals surface area contributed by atoms with Crippen molar-refractivity contribution >= 4 is 41.0 Å². The van der Waals surface area contributed by atoms with E-state index in [1.165, 1.54) is 6.20 Å². The topological polar surface area (TPSA) is 136 Å². The monoisotopic (exact) mass is 350 g/mol. The van der Waals surface area contributed by atoms with Crippen molar-refractivity contribution in [3.63, 3.8) is 0 Å². The number of nitrogens with two attached hydrogens (primary N) is 2. The molecule has 0 aromatic carbocycles. The lowest BCUT2D eigenvalue weighted by Gasteiger charge is -2.14. The van der Waals surface area contributed by atoms with Crippen molar-refractivity contribution in [1.82, 2.24) is 9.97 Å². The molecule has 9 heteroatoms. The summed E-state index contributed by atoms with van der Waals surface area (Å²) in [7, 11) is 0. The summed E-state index contributed by atoms with van der Waals surface area (Å²) < 4.78 is 0. The van der Waals surface area contributed by atoms with E-state index in [0.717, 1.165) is 6.29 Å². The van der Waals surface area contributed by atoms with Crippen LogP contribution in [0.25, 0.3) is 0 Å². The Hall–Kier alpha value is -2.55. The van der Waals surface area contributed by atoms with E-state index in [1.54, 1.807) is 6.08 Å². The van der Waals surface area contributed by atoms with Crippen molar-refractivity contribution in [3.8, 4) is 0 Å². The molecule has 130 valence electrons. The number of amides is 1. The smallest absolute Gasteiger partial charge is 0.271 e. The Bertz CT molecular complexity index is 659. The van der Waals surface area contributed by atoms with E-state index in [0.29, 0.717) is 17.9 Å². The van der Waals surface area contributed by atoms with Crippen molar-refractivity contribution in [1.29, 1.82) is 0 Å². The summed E-state index contributed by atoms with van der Waals surface area (Å²) >= 11 is 5.19. The van der Waals surface area contributed by atoms with Crippen molar-refractivity contribution < 1.29 is 9.59 Å². The number of primary amides is 1. The molecule has 1 aromatic rings. The number of carbonyl (C=O) groups excluding carboxylic acids is 2. The van der Waals surface area contributed by atoms with Crippen LogP contribution in [-0.2, 0) is 4.79 Å². The number of hydrogen-bond donors (Lipinski definition) is 4. The van der Waals surface area contributed by atoms with Crippen molar-refractivity contribution in [2.75, 3.05) is 10.6 Å². The molecular weight excluding hydrogens is 328 g/mol. The van der Waals surface area contributed by atoms with E-state index in [1.807, 2.05) is 20.8 Å². The minimum absolute atomic E-state index is 0.0569. The van der Waals surface area contributed by atoms with Gasteiger partial charge in [0.05, 0.1) is 12.2 Å². The molecule has 0 aliphatic carbocycles. The van der Waals surface area contributed by atoms with E-state index < -0.39 is 11.9 Å². The molecule has 6 N–H and O–H groups in total. The van der Waals surface area contributed by atoms with Crippen LogP contribution in [0, 0.1) is 5.92 Å². The summed E-state index contributed by atoms with van der Waals surface area (Å²) in [5.41, 5.74) is 11.7. The first-order valence-corrected chi connectivity index (χ1v) is 7.86. The maximum atomic E-state index is 11.5. The number of anilines is 2. The SMILES string of the molecule is CCC(C=O)Nc1cnc(C(N)=O)c(NC(=S)C=C(N)C(C)C)n1. The molecule has 1 amide bonds. The van der Waals surface area contributed by atoms with Gasteiger partial charge in [-0.05, 0) is 18.4 Å². The number of allylic oxidation sites excluding steroid dienone is 1. The highest BCUT2D eigenvalue weighted by Crippen LogP contribution is 2.15. The molecule has 1 atom stereocenters. The van der Waals surface area contributed by atoms with Crippen molar-refractivity contribution in [2.45, 2.75) is 33.2 Å². The first-order chi connectivity index (χ1) is 11.3. The molecule has 0 spiro atoms. The average Bonchev–Trinajstić information content (AvgIpc) is 2.52. The van der Waals surface area contributed by atoms with Crippen LogP contribution in [0.5, 0.6) is 0 Å². The van der Waals surface area contributed by atoms with Gasteiger partial charge in [0, 0.05) is 5.70 Å². The number of rotatable bonds is 8. The Balaban J connectivity index is 3.09. The van der Waals surface area contributed by atoms with Gasteiger partial charge in [-0.15, -0.1) is 0 Å². The minimum Gasteiger partial charge on any atom is -0.402 e. The van der Waals surface area contributed by atoms with Crippen LogP contribution >= 0.6 is 12.2 Å². The normalized spacial score (nSPS) is 12.6. The molecule has 0 aliphatic heterocycles. The van der Waals surface area contributed by atoms with Gasteiger partial charge in [-0.3, -0.25) is 4.79 Å². The molecule has 0 saturated carbocycles. The number of nitrogens with one attached hydrogen (secondary N) is 2. The number of carbonyl (C=O) groups is 2. The first-order valence-electron chi connectivity index (χ1n) is 7.45. The largest absolute Gasteiger partial charge is 0.402 e. The Kier molecular flexibility index (Phi) is 7.25. The standard InChI is InChI=1S/C15H22N6O2S/c1-4-9(7-22)19-11-6-18-13(14(17)23)15(20-11)21-12(24)5-10(16)8(2)3/h5-9H,4,16H2,1-3H3,(H2,17,23)(H2,19,20,21,24). The van der Waals surface area contributed by atoms with Crippen LogP contribution in [0.15, 0.2) is 18.0 Å². The summed E-state index contributed by atoms with van der Waals surface area (Å²) in [5, 5.41) is 5.70. The summed E-state index contributed by atoms with van der Waals surface area (Å²) in [5.74, 6) is -0.198. The van der Waals surface area contributed by atoms with Gasteiger partial charge in [0.1, 0.15) is 17.1 Å². The highest BCUT2D eigenvalue weighted by Gasteiger charge is 2.15. The van der Waals surface area contributed by atoms with E-state index in [-0.39, 0.29) is 22.4 Å². The predicted octanol–water partition coefficient (Wildman–Crippen LogP) is 1.20. The fourth-order valence-corrected chi connectivity index (χ4v) is 1.85. The zero-order chi connectivity index (χ0) is 18.3. The van der Waals surface area contributed by atoms with E-state index >= 15 is 0 Å². The third-order valence-corrected chi connectivity index (χ3v) is 3.37. The molecule has 1 aromatic heterocycles. The Morgan fingerprint density at radius 2 is 2.08 bits per heavy atom. The van der Waals surface area contributed by atoms with Gasteiger partial charge in [-0.2, -0.15) is 0 Å². The predicted molar refractivity (Wildman–Crippen MR) is 97.6 cm³/mol. The molecule has 1 unspecified atom stereocenters. The van der Waals surface area contributed by atoms with Gasteiger partial charge < -0.3 is 26.9 Å².